The number of carboxylic acid groups (broad SMARTS) is 1. The lowest BCUT2D eigenvalue weighted by Crippen LogP contribution is -2.59. The smallest absolute Gasteiger partial charge is 0.310 e. The number of nitrogens with one attached hydrogen (secondary N) is 2. The van der Waals surface area contributed by atoms with Crippen molar-refractivity contribution < 1.29 is 24.2 Å². The Morgan fingerprint density at radius 1 is 1.25 bits per heavy atom. The number of halogens is 1. The zero-order valence-corrected chi connectivity index (χ0v) is 18.9. The molecular formula is C24H25ClN2O5. The van der Waals surface area contributed by atoms with Crippen LogP contribution >= 0.6 is 11.6 Å². The number of carbonyl (C=O) groups excluding carboxylic acids is 1. The number of H-pyrrole nitrogens is 1. The van der Waals surface area contributed by atoms with Crippen LogP contribution in [0.1, 0.15) is 46.4 Å². The van der Waals surface area contributed by atoms with Gasteiger partial charge in [0.05, 0.1) is 31.3 Å². The number of carboxylic acids is 1. The first-order valence-electron chi connectivity index (χ1n) is 10.4. The number of hydrogen-bond donors (Lipinski definition) is 3. The number of rotatable bonds is 7. The van der Waals surface area contributed by atoms with Crippen LogP contribution < -0.4 is 10.1 Å². The molecule has 1 atom stereocenters. The second-order valence-electron chi connectivity index (χ2n) is 8.08. The molecule has 0 radical (unpaired) electrons. The molecule has 0 spiro atoms. The third kappa shape index (κ3) is 3.61. The lowest BCUT2D eigenvalue weighted by molar-refractivity contribution is -0.138. The van der Waals surface area contributed by atoms with Gasteiger partial charge in [-0.25, -0.2) is 0 Å². The van der Waals surface area contributed by atoms with E-state index in [1.807, 2.05) is 44.2 Å². The maximum Gasteiger partial charge on any atom is 0.310 e. The highest BCUT2D eigenvalue weighted by Gasteiger charge is 2.42. The molecule has 1 aliphatic heterocycles. The van der Waals surface area contributed by atoms with Crippen molar-refractivity contribution in [2.75, 3.05) is 20.3 Å². The van der Waals surface area contributed by atoms with E-state index in [-0.39, 0.29) is 5.91 Å². The van der Waals surface area contributed by atoms with Gasteiger partial charge in [0, 0.05) is 10.9 Å². The van der Waals surface area contributed by atoms with Gasteiger partial charge in [0.1, 0.15) is 17.0 Å². The Kier molecular flexibility index (Phi) is 5.88. The highest BCUT2D eigenvalue weighted by Crippen LogP contribution is 2.37. The van der Waals surface area contributed by atoms with Crippen LogP contribution in [0.25, 0.3) is 10.9 Å². The minimum absolute atomic E-state index is 0.266. The Morgan fingerprint density at radius 2 is 1.94 bits per heavy atom. The standard InChI is InChI=1S/C24H25ClN2O5/c1-4-16(23(29)30)14-5-7-15(8-6-14)24(11-32-12-24)27-22(28)21-13(2)19-17(26-21)9-10-18(31-3)20(19)25/h5-10,16,26H,4,11-12H2,1-3H3,(H,27,28)(H,29,30). The van der Waals surface area contributed by atoms with Crippen molar-refractivity contribution in [2.24, 2.45) is 0 Å². The van der Waals surface area contributed by atoms with Crippen LogP contribution in [0.15, 0.2) is 36.4 Å². The van der Waals surface area contributed by atoms with Crippen molar-refractivity contribution in [1.82, 2.24) is 10.3 Å². The molecule has 7 nitrogen and oxygen atoms in total. The summed E-state index contributed by atoms with van der Waals surface area (Å²) in [5.74, 6) is -1.12. The topological polar surface area (TPSA) is 101 Å². The van der Waals surface area contributed by atoms with Gasteiger partial charge in [-0.3, -0.25) is 9.59 Å². The van der Waals surface area contributed by atoms with E-state index < -0.39 is 17.4 Å². The quantitative estimate of drug-likeness (QED) is 0.490. The van der Waals surface area contributed by atoms with Crippen LogP contribution in [0.2, 0.25) is 5.02 Å². The predicted octanol–water partition coefficient (Wildman–Crippen LogP) is 4.37. The van der Waals surface area contributed by atoms with E-state index in [4.69, 9.17) is 21.1 Å². The zero-order chi connectivity index (χ0) is 23.0. The lowest BCUT2D eigenvalue weighted by atomic mass is 9.85. The molecule has 2 heterocycles. The van der Waals surface area contributed by atoms with Crippen molar-refractivity contribution in [3.63, 3.8) is 0 Å². The molecule has 1 aromatic heterocycles. The van der Waals surface area contributed by atoms with Gasteiger partial charge in [-0.15, -0.1) is 0 Å². The van der Waals surface area contributed by atoms with Gasteiger partial charge in [-0.2, -0.15) is 0 Å². The van der Waals surface area contributed by atoms with Gasteiger partial charge >= 0.3 is 5.97 Å². The molecule has 0 bridgehead atoms. The molecule has 1 fully saturated rings. The van der Waals surface area contributed by atoms with Gasteiger partial charge < -0.3 is 24.9 Å². The Labute approximate surface area is 190 Å². The molecule has 3 aromatic rings. The van der Waals surface area contributed by atoms with Crippen LogP contribution in [-0.4, -0.2) is 42.3 Å². The number of amides is 1. The van der Waals surface area contributed by atoms with E-state index in [0.717, 1.165) is 27.6 Å². The summed E-state index contributed by atoms with van der Waals surface area (Å²) >= 11 is 6.47. The number of fused-ring (bicyclic) bond motifs is 1. The zero-order valence-electron chi connectivity index (χ0n) is 18.1. The summed E-state index contributed by atoms with van der Waals surface area (Å²) in [6, 6.07) is 10.9. The first-order chi connectivity index (χ1) is 15.3. The Balaban J connectivity index is 1.63. The van der Waals surface area contributed by atoms with E-state index in [1.165, 1.54) is 0 Å². The number of aromatic amines is 1. The molecule has 168 valence electrons. The van der Waals surface area contributed by atoms with E-state index >= 15 is 0 Å². The maximum atomic E-state index is 13.2. The number of benzene rings is 2. The molecular weight excluding hydrogens is 432 g/mol. The van der Waals surface area contributed by atoms with Gasteiger partial charge in [0.25, 0.3) is 5.91 Å². The number of aromatic nitrogens is 1. The van der Waals surface area contributed by atoms with Crippen molar-refractivity contribution in [3.8, 4) is 5.75 Å². The minimum Gasteiger partial charge on any atom is -0.495 e. The summed E-state index contributed by atoms with van der Waals surface area (Å²) < 4.78 is 10.7. The molecule has 0 saturated carbocycles. The van der Waals surface area contributed by atoms with Crippen LogP contribution in [0.4, 0.5) is 0 Å². The maximum absolute atomic E-state index is 13.2. The fourth-order valence-electron chi connectivity index (χ4n) is 4.25. The largest absolute Gasteiger partial charge is 0.495 e. The number of carbonyl (C=O) groups is 2. The number of hydrogen-bond acceptors (Lipinski definition) is 4. The number of ether oxygens (including phenoxy) is 2. The third-order valence-corrected chi connectivity index (χ3v) is 6.56. The van der Waals surface area contributed by atoms with Crippen LogP contribution in [0, 0.1) is 6.92 Å². The normalized spacial score (nSPS) is 15.8. The SMILES string of the molecule is CCC(C(=O)O)c1ccc(C2(NC(=O)c3[nH]c4ccc(OC)c(Cl)c4c3C)COC2)cc1. The lowest BCUT2D eigenvalue weighted by Gasteiger charge is -2.42. The molecule has 0 aliphatic carbocycles. The molecule has 3 N–H and O–H groups in total. The third-order valence-electron chi connectivity index (χ3n) is 6.18. The van der Waals surface area contributed by atoms with Gasteiger partial charge in [0.2, 0.25) is 0 Å². The van der Waals surface area contributed by atoms with Crippen molar-refractivity contribution in [1.29, 1.82) is 0 Å². The molecule has 32 heavy (non-hydrogen) atoms. The molecule has 1 saturated heterocycles. The molecule has 1 amide bonds. The minimum atomic E-state index is -0.847. The summed E-state index contributed by atoms with van der Waals surface area (Å²) in [5.41, 5.74) is 2.84. The van der Waals surface area contributed by atoms with E-state index in [2.05, 4.69) is 10.3 Å². The molecule has 4 rings (SSSR count). The van der Waals surface area contributed by atoms with Crippen molar-refractivity contribution >= 4 is 34.4 Å². The average Bonchev–Trinajstić information content (AvgIpc) is 3.09. The van der Waals surface area contributed by atoms with Crippen LogP contribution in [0.5, 0.6) is 5.75 Å². The molecule has 1 unspecified atom stereocenters. The average molecular weight is 457 g/mol. The molecule has 8 heteroatoms. The van der Waals surface area contributed by atoms with E-state index in [0.29, 0.717) is 36.1 Å². The number of methoxy groups -OCH3 is 1. The summed E-state index contributed by atoms with van der Waals surface area (Å²) in [6.07, 6.45) is 0.507. The van der Waals surface area contributed by atoms with Crippen molar-refractivity contribution in [2.45, 2.75) is 31.7 Å². The van der Waals surface area contributed by atoms with Crippen LogP contribution in [0.3, 0.4) is 0 Å². The van der Waals surface area contributed by atoms with Gasteiger partial charge in [0.15, 0.2) is 0 Å². The summed E-state index contributed by atoms with van der Waals surface area (Å²) in [4.78, 5) is 27.9. The molecule has 1 aliphatic rings. The van der Waals surface area contributed by atoms with Gasteiger partial charge in [-0.1, -0.05) is 42.8 Å². The summed E-state index contributed by atoms with van der Waals surface area (Å²) in [5, 5.41) is 13.7. The van der Waals surface area contributed by atoms with Gasteiger partial charge in [-0.05, 0) is 42.2 Å². The first-order valence-corrected chi connectivity index (χ1v) is 10.8. The fraction of sp³-hybridized carbons (Fsp3) is 0.333. The fourth-order valence-corrected chi connectivity index (χ4v) is 4.63. The monoisotopic (exact) mass is 456 g/mol. The number of aliphatic carboxylic acids is 1. The first kappa shape index (κ1) is 22.2. The Hall–Kier alpha value is -3.03. The second kappa shape index (κ2) is 8.48. The molecule has 2 aromatic carbocycles. The Morgan fingerprint density at radius 3 is 2.47 bits per heavy atom. The van der Waals surface area contributed by atoms with Crippen LogP contribution in [-0.2, 0) is 15.1 Å². The predicted molar refractivity (Wildman–Crippen MR) is 122 cm³/mol. The second-order valence-corrected chi connectivity index (χ2v) is 8.46. The number of aryl methyl sites for hydroxylation is 1. The van der Waals surface area contributed by atoms with E-state index in [1.54, 1.807) is 13.2 Å². The highest BCUT2D eigenvalue weighted by molar-refractivity contribution is 6.37. The van der Waals surface area contributed by atoms with Crippen molar-refractivity contribution in [3.05, 3.63) is 63.8 Å². The summed E-state index contributed by atoms with van der Waals surface area (Å²) in [7, 11) is 1.55. The summed E-state index contributed by atoms with van der Waals surface area (Å²) in [6.45, 7) is 4.36. The Bertz CT molecular complexity index is 1180. The highest BCUT2D eigenvalue weighted by atomic mass is 35.5. The van der Waals surface area contributed by atoms with E-state index in [9.17, 15) is 14.7 Å².